The number of nitrogens with one attached hydrogen (secondary N) is 1. The molecule has 0 aromatic carbocycles. The molecule has 0 aliphatic heterocycles. The summed E-state index contributed by atoms with van der Waals surface area (Å²) in [7, 11) is 0. The lowest BCUT2D eigenvalue weighted by Crippen LogP contribution is -2.17. The molecule has 1 rings (SSSR count). The van der Waals surface area contributed by atoms with Crippen LogP contribution in [0.25, 0.3) is 0 Å². The van der Waals surface area contributed by atoms with Crippen molar-refractivity contribution in [2.45, 2.75) is 38.3 Å². The zero-order chi connectivity index (χ0) is 11.4. The zero-order valence-corrected chi connectivity index (χ0v) is 10.0. The van der Waals surface area contributed by atoms with Crippen molar-refractivity contribution in [2.75, 3.05) is 5.75 Å². The highest BCUT2D eigenvalue weighted by Gasteiger charge is 2.15. The first-order chi connectivity index (χ1) is 7.10. The van der Waals surface area contributed by atoms with Gasteiger partial charge in [0.05, 0.1) is 5.56 Å². The number of hydrogen-bond acceptors (Lipinski definition) is 4. The molecule has 0 unspecified atom stereocenters. The van der Waals surface area contributed by atoms with E-state index in [1.807, 2.05) is 20.8 Å². The first-order valence-corrected chi connectivity index (χ1v) is 6.04. The van der Waals surface area contributed by atoms with E-state index in [1.54, 1.807) is 0 Å². The molecule has 0 aliphatic rings. The summed E-state index contributed by atoms with van der Waals surface area (Å²) < 4.78 is 0. The molecule has 0 amide bonds. The minimum Gasteiger partial charge on any atom is -0.493 e. The Morgan fingerprint density at radius 2 is 2.20 bits per heavy atom. The van der Waals surface area contributed by atoms with Gasteiger partial charge in [0.2, 0.25) is 5.88 Å². The molecule has 1 atom stereocenters. The van der Waals surface area contributed by atoms with E-state index < -0.39 is 0 Å². The van der Waals surface area contributed by atoms with E-state index in [1.165, 1.54) is 11.8 Å². The summed E-state index contributed by atoms with van der Waals surface area (Å²) in [5, 5.41) is 10.1. The number of hydrogen-bond donors (Lipinski definition) is 2. The van der Waals surface area contributed by atoms with Gasteiger partial charge >= 0.3 is 0 Å². The molecular formula is C10H16N2O2S. The minimum atomic E-state index is -0.229. The maximum Gasteiger partial charge on any atom is 0.258 e. The van der Waals surface area contributed by atoms with Crippen LogP contribution < -0.4 is 5.56 Å². The second-order valence-electron chi connectivity index (χ2n) is 3.35. The quantitative estimate of drug-likeness (QED) is 0.612. The molecular weight excluding hydrogens is 212 g/mol. The van der Waals surface area contributed by atoms with Crippen LogP contribution in [-0.2, 0) is 0 Å². The standard InChI is InChI=1S/C10H16N2O2S/c1-4-6(3)7-8(13)11-10(15-5-2)12-9(7)14/h6H,4-5H2,1-3H3,(H2,11,12,13,14)/t6-/m1/s1. The van der Waals surface area contributed by atoms with Gasteiger partial charge in [-0.05, 0) is 18.1 Å². The molecule has 2 N–H and O–H groups in total. The number of H-pyrrole nitrogens is 1. The molecule has 0 bridgehead atoms. The number of nitrogens with zero attached hydrogens (tertiary/aromatic N) is 1. The molecule has 0 radical (unpaired) electrons. The molecule has 1 aromatic heterocycles. The average molecular weight is 228 g/mol. The predicted molar refractivity (Wildman–Crippen MR) is 61.6 cm³/mol. The van der Waals surface area contributed by atoms with Crippen molar-refractivity contribution in [3.8, 4) is 5.88 Å². The van der Waals surface area contributed by atoms with Gasteiger partial charge in [-0.15, -0.1) is 0 Å². The lowest BCUT2D eigenvalue weighted by molar-refractivity contribution is 0.429. The maximum atomic E-state index is 11.7. The molecule has 0 fully saturated rings. The summed E-state index contributed by atoms with van der Waals surface area (Å²) in [5.74, 6) is 0.705. The third kappa shape index (κ3) is 2.75. The molecule has 0 saturated heterocycles. The SMILES string of the molecule is CCSc1nc(O)c([C@H](C)CC)c(=O)[nH]1. The summed E-state index contributed by atoms with van der Waals surface area (Å²) in [4.78, 5) is 18.3. The zero-order valence-electron chi connectivity index (χ0n) is 9.20. The summed E-state index contributed by atoms with van der Waals surface area (Å²) in [6, 6.07) is 0. The molecule has 1 aromatic rings. The predicted octanol–water partition coefficient (Wildman–Crippen LogP) is 2.10. The van der Waals surface area contributed by atoms with Crippen molar-refractivity contribution < 1.29 is 5.11 Å². The van der Waals surface area contributed by atoms with E-state index >= 15 is 0 Å². The van der Waals surface area contributed by atoms with E-state index in [4.69, 9.17) is 0 Å². The van der Waals surface area contributed by atoms with Crippen molar-refractivity contribution in [3.63, 3.8) is 0 Å². The number of aromatic amines is 1. The van der Waals surface area contributed by atoms with Gasteiger partial charge in [-0.25, -0.2) is 0 Å². The molecule has 84 valence electrons. The summed E-state index contributed by atoms with van der Waals surface area (Å²) in [6.07, 6.45) is 0.804. The van der Waals surface area contributed by atoms with Crippen molar-refractivity contribution in [3.05, 3.63) is 15.9 Å². The third-order valence-electron chi connectivity index (χ3n) is 2.30. The van der Waals surface area contributed by atoms with Gasteiger partial charge in [0.15, 0.2) is 5.16 Å². The second kappa shape index (κ2) is 5.21. The van der Waals surface area contributed by atoms with E-state index in [0.717, 1.165) is 12.2 Å². The molecule has 0 spiro atoms. The highest BCUT2D eigenvalue weighted by Crippen LogP contribution is 2.23. The first kappa shape index (κ1) is 12.1. The molecule has 0 aliphatic carbocycles. The van der Waals surface area contributed by atoms with Crippen molar-refractivity contribution in [1.29, 1.82) is 0 Å². The van der Waals surface area contributed by atoms with Crippen molar-refractivity contribution in [2.24, 2.45) is 0 Å². The van der Waals surface area contributed by atoms with E-state index in [0.29, 0.717) is 10.7 Å². The molecule has 0 saturated carbocycles. The van der Waals surface area contributed by atoms with Gasteiger partial charge in [-0.3, -0.25) is 4.79 Å². The molecule has 15 heavy (non-hydrogen) atoms. The fourth-order valence-electron chi connectivity index (χ4n) is 1.30. The van der Waals surface area contributed by atoms with Crippen LogP contribution in [0.1, 0.15) is 38.7 Å². The fraction of sp³-hybridized carbons (Fsp3) is 0.600. The Morgan fingerprint density at radius 1 is 1.53 bits per heavy atom. The van der Waals surface area contributed by atoms with E-state index in [9.17, 15) is 9.90 Å². The average Bonchev–Trinajstić information content (AvgIpc) is 2.16. The summed E-state index contributed by atoms with van der Waals surface area (Å²) >= 11 is 1.40. The Morgan fingerprint density at radius 3 is 2.67 bits per heavy atom. The van der Waals surface area contributed by atoms with Gasteiger partial charge in [0.25, 0.3) is 5.56 Å². The van der Waals surface area contributed by atoms with Crippen LogP contribution in [0.4, 0.5) is 0 Å². The molecule has 5 heteroatoms. The third-order valence-corrected chi connectivity index (χ3v) is 3.06. The van der Waals surface area contributed by atoms with E-state index in [2.05, 4.69) is 9.97 Å². The number of thioether (sulfide) groups is 1. The van der Waals surface area contributed by atoms with Crippen LogP contribution in [0.15, 0.2) is 9.95 Å². The molecule has 4 nitrogen and oxygen atoms in total. The Bertz CT molecular complexity index is 389. The van der Waals surface area contributed by atoms with Crippen LogP contribution in [0.2, 0.25) is 0 Å². The Labute approximate surface area is 93.1 Å². The van der Waals surface area contributed by atoms with Crippen molar-refractivity contribution >= 4 is 11.8 Å². The Hall–Kier alpha value is -0.970. The lowest BCUT2D eigenvalue weighted by atomic mass is 10.0. The van der Waals surface area contributed by atoms with Gasteiger partial charge in [0, 0.05) is 0 Å². The van der Waals surface area contributed by atoms with Crippen molar-refractivity contribution in [1.82, 2.24) is 9.97 Å². The minimum absolute atomic E-state index is 0.0296. The summed E-state index contributed by atoms with van der Waals surface area (Å²) in [6.45, 7) is 5.83. The maximum absolute atomic E-state index is 11.7. The topological polar surface area (TPSA) is 66.0 Å². The van der Waals surface area contributed by atoms with Crippen LogP contribution in [-0.4, -0.2) is 20.8 Å². The van der Waals surface area contributed by atoms with Gasteiger partial charge in [0.1, 0.15) is 0 Å². The largest absolute Gasteiger partial charge is 0.493 e. The fourth-order valence-corrected chi connectivity index (χ4v) is 1.89. The molecule has 1 heterocycles. The normalized spacial score (nSPS) is 12.7. The van der Waals surface area contributed by atoms with Crippen LogP contribution >= 0.6 is 11.8 Å². The van der Waals surface area contributed by atoms with E-state index in [-0.39, 0.29) is 17.4 Å². The highest BCUT2D eigenvalue weighted by atomic mass is 32.2. The Kier molecular flexibility index (Phi) is 4.20. The smallest absolute Gasteiger partial charge is 0.258 e. The van der Waals surface area contributed by atoms with Gasteiger partial charge < -0.3 is 10.1 Å². The number of rotatable bonds is 4. The number of aromatic hydroxyl groups is 1. The number of aromatic nitrogens is 2. The van der Waals surface area contributed by atoms with Crippen LogP contribution in [0.5, 0.6) is 5.88 Å². The monoisotopic (exact) mass is 228 g/mol. The Balaban J connectivity index is 3.15. The van der Waals surface area contributed by atoms with Gasteiger partial charge in [-0.1, -0.05) is 32.5 Å². The second-order valence-corrected chi connectivity index (χ2v) is 4.60. The first-order valence-electron chi connectivity index (χ1n) is 5.06. The van der Waals surface area contributed by atoms with Gasteiger partial charge in [-0.2, -0.15) is 4.98 Å². The van der Waals surface area contributed by atoms with Crippen LogP contribution in [0, 0.1) is 0 Å². The lowest BCUT2D eigenvalue weighted by Gasteiger charge is -2.09. The highest BCUT2D eigenvalue weighted by molar-refractivity contribution is 7.99. The summed E-state index contributed by atoms with van der Waals surface area (Å²) in [5.41, 5.74) is 0.158. The van der Waals surface area contributed by atoms with Crippen LogP contribution in [0.3, 0.4) is 0 Å².